The summed E-state index contributed by atoms with van der Waals surface area (Å²) < 4.78 is 11.4. The lowest BCUT2D eigenvalue weighted by Crippen LogP contribution is -2.52. The molecule has 2 aliphatic rings. The summed E-state index contributed by atoms with van der Waals surface area (Å²) >= 11 is 0. The van der Waals surface area contributed by atoms with Gasteiger partial charge in [0.15, 0.2) is 0 Å². The topological polar surface area (TPSA) is 50.7 Å². The second-order valence-corrected chi connectivity index (χ2v) is 6.06. The minimum atomic E-state index is -0.596. The van der Waals surface area contributed by atoms with Crippen molar-refractivity contribution in [3.8, 4) is 0 Å². The lowest BCUT2D eigenvalue weighted by atomic mass is 9.84. The number of nitrogens with one attached hydrogen (secondary N) is 1. The monoisotopic (exact) mass is 257 g/mol. The highest BCUT2D eigenvalue weighted by Gasteiger charge is 2.39. The molecule has 106 valence electrons. The van der Waals surface area contributed by atoms with Crippen LogP contribution in [0.2, 0.25) is 0 Å². The Bertz CT molecular complexity index is 256. The van der Waals surface area contributed by atoms with Gasteiger partial charge in [-0.15, -0.1) is 0 Å². The van der Waals surface area contributed by atoms with Crippen molar-refractivity contribution in [3.05, 3.63) is 0 Å². The van der Waals surface area contributed by atoms with Crippen LogP contribution in [0.4, 0.5) is 0 Å². The Morgan fingerprint density at radius 1 is 1.33 bits per heavy atom. The fraction of sp³-hybridized carbons (Fsp3) is 1.00. The zero-order chi connectivity index (χ0) is 13.1. The van der Waals surface area contributed by atoms with Gasteiger partial charge in [0.25, 0.3) is 0 Å². The minimum Gasteiger partial charge on any atom is -0.389 e. The van der Waals surface area contributed by atoms with Gasteiger partial charge in [-0.25, -0.2) is 0 Å². The molecule has 0 aromatic carbocycles. The molecule has 2 rings (SSSR count). The lowest BCUT2D eigenvalue weighted by molar-refractivity contribution is -0.141. The van der Waals surface area contributed by atoms with Crippen LogP contribution in [0.3, 0.4) is 0 Å². The van der Waals surface area contributed by atoms with Crippen LogP contribution in [0.25, 0.3) is 0 Å². The smallest absolute Gasteiger partial charge is 0.0741 e. The van der Waals surface area contributed by atoms with Gasteiger partial charge in [-0.3, -0.25) is 0 Å². The van der Waals surface area contributed by atoms with Crippen molar-refractivity contribution in [3.63, 3.8) is 0 Å². The van der Waals surface area contributed by atoms with E-state index in [1.54, 1.807) is 0 Å². The summed E-state index contributed by atoms with van der Waals surface area (Å²) in [6, 6.07) is 0.467. The third kappa shape index (κ3) is 3.67. The van der Waals surface area contributed by atoms with Crippen molar-refractivity contribution in [2.24, 2.45) is 0 Å². The molecule has 4 nitrogen and oxygen atoms in total. The average molecular weight is 257 g/mol. The molecule has 0 amide bonds. The molecule has 2 N–H and O–H groups in total. The number of rotatable bonds is 4. The van der Waals surface area contributed by atoms with E-state index < -0.39 is 5.60 Å². The van der Waals surface area contributed by atoms with Gasteiger partial charge in [0, 0.05) is 32.4 Å². The maximum absolute atomic E-state index is 10.0. The molecule has 4 heteroatoms. The fourth-order valence-electron chi connectivity index (χ4n) is 2.78. The first kappa shape index (κ1) is 14.3. The molecule has 2 fully saturated rings. The maximum atomic E-state index is 10.0. The molecule has 0 saturated carbocycles. The zero-order valence-electron chi connectivity index (χ0n) is 11.7. The van der Waals surface area contributed by atoms with Gasteiger partial charge in [0.1, 0.15) is 0 Å². The van der Waals surface area contributed by atoms with Crippen molar-refractivity contribution in [1.82, 2.24) is 5.32 Å². The molecule has 0 aliphatic carbocycles. The fourth-order valence-corrected chi connectivity index (χ4v) is 2.78. The Balaban J connectivity index is 1.83. The highest BCUT2D eigenvalue weighted by Crippen LogP contribution is 2.34. The summed E-state index contributed by atoms with van der Waals surface area (Å²) in [6.45, 7) is 7.04. The Hall–Kier alpha value is -0.160. The van der Waals surface area contributed by atoms with Crippen LogP contribution in [0.15, 0.2) is 0 Å². The first-order valence-electron chi connectivity index (χ1n) is 7.23. The summed E-state index contributed by atoms with van der Waals surface area (Å²) in [7, 11) is 0. The molecule has 1 spiro atoms. The molecule has 0 aromatic heterocycles. The quantitative estimate of drug-likeness (QED) is 0.800. The van der Waals surface area contributed by atoms with Crippen molar-refractivity contribution < 1.29 is 14.6 Å². The normalized spacial score (nSPS) is 31.2. The van der Waals surface area contributed by atoms with Crippen molar-refractivity contribution in [2.45, 2.75) is 63.2 Å². The summed E-state index contributed by atoms with van der Waals surface area (Å²) in [4.78, 5) is 0. The van der Waals surface area contributed by atoms with Gasteiger partial charge in [-0.1, -0.05) is 6.92 Å². The first-order chi connectivity index (χ1) is 8.55. The Morgan fingerprint density at radius 3 is 2.72 bits per heavy atom. The van der Waals surface area contributed by atoms with E-state index in [2.05, 4.69) is 5.32 Å². The van der Waals surface area contributed by atoms with Crippen molar-refractivity contribution in [1.29, 1.82) is 0 Å². The van der Waals surface area contributed by atoms with Crippen LogP contribution < -0.4 is 5.32 Å². The van der Waals surface area contributed by atoms with Crippen LogP contribution in [-0.2, 0) is 9.47 Å². The van der Waals surface area contributed by atoms with Gasteiger partial charge in [-0.2, -0.15) is 0 Å². The largest absolute Gasteiger partial charge is 0.389 e. The molecular weight excluding hydrogens is 230 g/mol. The standard InChI is InChI=1S/C14H27NO3/c1-3-13(2,16)11-15-12-4-7-18-14(10-12)5-8-17-9-6-14/h12,15-16H,3-11H2,1-2H3. The Kier molecular flexibility index (Phi) is 4.64. The van der Waals surface area contributed by atoms with Gasteiger partial charge >= 0.3 is 0 Å². The summed E-state index contributed by atoms with van der Waals surface area (Å²) in [5, 5.41) is 13.6. The predicted molar refractivity (Wildman–Crippen MR) is 70.7 cm³/mol. The van der Waals surface area contributed by atoms with E-state index in [0.717, 1.165) is 51.9 Å². The SMILES string of the molecule is CCC(C)(O)CNC1CCOC2(CCOCC2)C1. The van der Waals surface area contributed by atoms with E-state index in [4.69, 9.17) is 9.47 Å². The van der Waals surface area contributed by atoms with Crippen molar-refractivity contribution in [2.75, 3.05) is 26.4 Å². The third-order valence-corrected chi connectivity index (χ3v) is 4.43. The molecule has 18 heavy (non-hydrogen) atoms. The van der Waals surface area contributed by atoms with Gasteiger partial charge in [0.05, 0.1) is 11.2 Å². The molecule has 0 aromatic rings. The highest BCUT2D eigenvalue weighted by molar-refractivity contribution is 4.92. The second kappa shape index (κ2) is 5.87. The molecule has 0 bridgehead atoms. The number of ether oxygens (including phenoxy) is 2. The highest BCUT2D eigenvalue weighted by atomic mass is 16.5. The van der Waals surface area contributed by atoms with Crippen molar-refractivity contribution >= 4 is 0 Å². The van der Waals surface area contributed by atoms with Crippen LogP contribution in [0, 0.1) is 0 Å². The molecule has 2 saturated heterocycles. The van der Waals surface area contributed by atoms with E-state index in [1.807, 2.05) is 13.8 Å². The molecule has 2 unspecified atom stereocenters. The summed E-state index contributed by atoms with van der Waals surface area (Å²) in [6.07, 6.45) is 4.89. The van der Waals surface area contributed by atoms with Crippen LogP contribution in [0.5, 0.6) is 0 Å². The van der Waals surface area contributed by atoms with E-state index >= 15 is 0 Å². The van der Waals surface area contributed by atoms with E-state index in [-0.39, 0.29) is 5.60 Å². The average Bonchev–Trinajstić information content (AvgIpc) is 2.38. The minimum absolute atomic E-state index is 0.0340. The molecule has 0 radical (unpaired) electrons. The van der Waals surface area contributed by atoms with Gasteiger partial charge in [-0.05, 0) is 39.0 Å². The predicted octanol–water partition coefficient (Wildman–Crippen LogP) is 1.47. The lowest BCUT2D eigenvalue weighted by Gasteiger charge is -2.44. The van der Waals surface area contributed by atoms with Crippen LogP contribution in [0.1, 0.15) is 46.0 Å². The first-order valence-corrected chi connectivity index (χ1v) is 7.23. The Labute approximate surface area is 110 Å². The summed E-state index contributed by atoms with van der Waals surface area (Å²) in [5.74, 6) is 0. The van der Waals surface area contributed by atoms with E-state index in [0.29, 0.717) is 12.6 Å². The van der Waals surface area contributed by atoms with E-state index in [1.165, 1.54) is 0 Å². The zero-order valence-corrected chi connectivity index (χ0v) is 11.7. The summed E-state index contributed by atoms with van der Waals surface area (Å²) in [5.41, 5.74) is -0.562. The molecule has 2 atom stereocenters. The van der Waals surface area contributed by atoms with Gasteiger partial charge in [0.2, 0.25) is 0 Å². The van der Waals surface area contributed by atoms with E-state index in [9.17, 15) is 5.11 Å². The molecular formula is C14H27NO3. The maximum Gasteiger partial charge on any atom is 0.0741 e. The number of hydrogen-bond acceptors (Lipinski definition) is 4. The van der Waals surface area contributed by atoms with Crippen LogP contribution >= 0.6 is 0 Å². The third-order valence-electron chi connectivity index (χ3n) is 4.43. The second-order valence-electron chi connectivity index (χ2n) is 6.06. The van der Waals surface area contributed by atoms with Gasteiger partial charge < -0.3 is 19.9 Å². The number of aliphatic hydroxyl groups is 1. The molecule has 2 heterocycles. The molecule has 2 aliphatic heterocycles. The Morgan fingerprint density at radius 2 is 2.06 bits per heavy atom. The van der Waals surface area contributed by atoms with Crippen LogP contribution in [-0.4, -0.2) is 48.7 Å². The number of hydrogen-bond donors (Lipinski definition) is 2.